The molecule has 1 aromatic carbocycles. The van der Waals surface area contributed by atoms with E-state index in [9.17, 15) is 9.59 Å². The maximum absolute atomic E-state index is 12.2. The molecule has 1 N–H and O–H groups in total. The summed E-state index contributed by atoms with van der Waals surface area (Å²) in [5.74, 6) is -0.284. The van der Waals surface area contributed by atoms with Crippen LogP contribution in [0, 0.1) is 5.92 Å². The lowest BCUT2D eigenvalue weighted by molar-refractivity contribution is -0.126. The van der Waals surface area contributed by atoms with Crippen LogP contribution >= 0.6 is 0 Å². The molecule has 2 rings (SSSR count). The molecule has 2 amide bonds. The van der Waals surface area contributed by atoms with Crippen LogP contribution in [-0.4, -0.2) is 38.1 Å². The number of hydrogen-bond donors (Lipinski definition) is 1. The fraction of sp³-hybridized carbons (Fsp3) is 0.556. The molecule has 1 aliphatic heterocycles. The first-order valence-electron chi connectivity index (χ1n) is 8.43. The van der Waals surface area contributed by atoms with Gasteiger partial charge in [-0.3, -0.25) is 9.59 Å². The van der Waals surface area contributed by atoms with E-state index in [0.717, 1.165) is 31.6 Å². The Balaban J connectivity index is 1.69. The highest BCUT2D eigenvalue weighted by Crippen LogP contribution is 2.24. The molecule has 5 nitrogen and oxygen atoms in total. The van der Waals surface area contributed by atoms with Crippen LogP contribution in [0.25, 0.3) is 0 Å². The van der Waals surface area contributed by atoms with Gasteiger partial charge in [-0.2, -0.15) is 0 Å². The fourth-order valence-corrected chi connectivity index (χ4v) is 2.62. The second-order valence-corrected chi connectivity index (χ2v) is 5.85. The van der Waals surface area contributed by atoms with E-state index in [1.807, 2.05) is 30.3 Å². The predicted molar refractivity (Wildman–Crippen MR) is 90.3 cm³/mol. The molecular weight excluding hydrogens is 292 g/mol. The van der Waals surface area contributed by atoms with E-state index in [0.29, 0.717) is 19.7 Å². The summed E-state index contributed by atoms with van der Waals surface area (Å²) in [5.41, 5.74) is 0.858. The van der Waals surface area contributed by atoms with Crippen molar-refractivity contribution in [1.29, 1.82) is 0 Å². The minimum Gasteiger partial charge on any atom is -0.381 e. The van der Waals surface area contributed by atoms with Gasteiger partial charge in [0.25, 0.3) is 0 Å². The van der Waals surface area contributed by atoms with Crippen LogP contribution in [0.2, 0.25) is 0 Å². The van der Waals surface area contributed by atoms with Crippen molar-refractivity contribution in [3.63, 3.8) is 0 Å². The fourth-order valence-electron chi connectivity index (χ4n) is 2.62. The smallest absolute Gasteiger partial charge is 0.227 e. The Bertz CT molecular complexity index is 504. The number of nitrogens with zero attached hydrogens (tertiary/aromatic N) is 1. The Morgan fingerprint density at radius 3 is 2.74 bits per heavy atom. The van der Waals surface area contributed by atoms with Crippen LogP contribution < -0.4 is 10.2 Å². The SMILES string of the molecule is CCCCOCCCNC(=O)[C@H]1CC(=O)N(c2ccccc2)C1. The molecule has 1 fully saturated rings. The van der Waals surface area contributed by atoms with E-state index in [1.165, 1.54) is 0 Å². The lowest BCUT2D eigenvalue weighted by Gasteiger charge is -2.16. The third-order valence-electron chi connectivity index (χ3n) is 3.97. The summed E-state index contributed by atoms with van der Waals surface area (Å²) in [4.78, 5) is 26.0. The number of hydrogen-bond acceptors (Lipinski definition) is 3. The quantitative estimate of drug-likeness (QED) is 0.711. The normalized spacial score (nSPS) is 17.5. The molecule has 1 aromatic rings. The van der Waals surface area contributed by atoms with Crippen molar-refractivity contribution in [3.05, 3.63) is 30.3 Å². The molecule has 126 valence electrons. The molecule has 0 radical (unpaired) electrons. The molecule has 23 heavy (non-hydrogen) atoms. The zero-order valence-corrected chi connectivity index (χ0v) is 13.8. The third kappa shape index (κ3) is 5.36. The Morgan fingerprint density at radius 2 is 2.00 bits per heavy atom. The van der Waals surface area contributed by atoms with E-state index in [1.54, 1.807) is 4.90 Å². The number of amides is 2. The van der Waals surface area contributed by atoms with E-state index in [4.69, 9.17) is 4.74 Å². The largest absolute Gasteiger partial charge is 0.381 e. The Hall–Kier alpha value is -1.88. The molecule has 1 atom stereocenters. The molecule has 0 unspecified atom stereocenters. The third-order valence-corrected chi connectivity index (χ3v) is 3.97. The summed E-state index contributed by atoms with van der Waals surface area (Å²) >= 11 is 0. The maximum atomic E-state index is 12.2. The summed E-state index contributed by atoms with van der Waals surface area (Å²) in [5, 5.41) is 2.91. The van der Waals surface area contributed by atoms with Gasteiger partial charge in [0.05, 0.1) is 5.92 Å². The molecule has 1 saturated heterocycles. The Labute approximate surface area is 138 Å². The second-order valence-electron chi connectivity index (χ2n) is 5.85. The van der Waals surface area contributed by atoms with Crippen LogP contribution in [0.3, 0.4) is 0 Å². The van der Waals surface area contributed by atoms with Gasteiger partial charge in [0.15, 0.2) is 0 Å². The monoisotopic (exact) mass is 318 g/mol. The number of unbranched alkanes of at least 4 members (excludes halogenated alkanes) is 1. The second kappa shape index (κ2) is 9.30. The number of benzene rings is 1. The summed E-state index contributed by atoms with van der Waals surface area (Å²) in [6.45, 7) is 4.64. The molecule has 0 saturated carbocycles. The zero-order chi connectivity index (χ0) is 16.5. The van der Waals surface area contributed by atoms with Crippen molar-refractivity contribution in [2.45, 2.75) is 32.6 Å². The number of nitrogens with one attached hydrogen (secondary N) is 1. The summed E-state index contributed by atoms with van der Waals surface area (Å²) in [7, 11) is 0. The van der Waals surface area contributed by atoms with E-state index >= 15 is 0 Å². The lowest BCUT2D eigenvalue weighted by Crippen LogP contribution is -2.33. The van der Waals surface area contributed by atoms with Crippen LogP contribution in [0.15, 0.2) is 30.3 Å². The van der Waals surface area contributed by atoms with Gasteiger partial charge >= 0.3 is 0 Å². The van der Waals surface area contributed by atoms with Crippen molar-refractivity contribution in [2.24, 2.45) is 5.92 Å². The molecule has 1 aliphatic rings. The molecule has 0 aliphatic carbocycles. The minimum atomic E-state index is -0.260. The van der Waals surface area contributed by atoms with Crippen LogP contribution in [-0.2, 0) is 14.3 Å². The first kappa shape index (κ1) is 17.5. The number of carbonyl (C=O) groups excluding carboxylic acids is 2. The van der Waals surface area contributed by atoms with Gasteiger partial charge < -0.3 is 15.0 Å². The predicted octanol–water partition coefficient (Wildman–Crippen LogP) is 2.36. The summed E-state index contributed by atoms with van der Waals surface area (Å²) < 4.78 is 5.46. The number of rotatable bonds is 9. The van der Waals surface area contributed by atoms with Crippen LogP contribution in [0.5, 0.6) is 0 Å². The molecule has 0 aromatic heterocycles. The topological polar surface area (TPSA) is 58.6 Å². The summed E-state index contributed by atoms with van der Waals surface area (Å²) in [6.07, 6.45) is 3.29. The first-order chi connectivity index (χ1) is 11.2. The van der Waals surface area contributed by atoms with Gasteiger partial charge in [-0.15, -0.1) is 0 Å². The van der Waals surface area contributed by atoms with Crippen LogP contribution in [0.4, 0.5) is 5.69 Å². The first-order valence-corrected chi connectivity index (χ1v) is 8.43. The number of ether oxygens (including phenoxy) is 1. The van der Waals surface area contributed by atoms with Crippen molar-refractivity contribution < 1.29 is 14.3 Å². The molecule has 0 bridgehead atoms. The highest BCUT2D eigenvalue weighted by Gasteiger charge is 2.34. The van der Waals surface area contributed by atoms with E-state index in [2.05, 4.69) is 12.2 Å². The molecule has 0 spiro atoms. The van der Waals surface area contributed by atoms with Gasteiger partial charge in [0.2, 0.25) is 11.8 Å². The number of para-hydroxylation sites is 1. The Morgan fingerprint density at radius 1 is 1.26 bits per heavy atom. The number of anilines is 1. The van der Waals surface area contributed by atoms with Crippen LogP contribution in [0.1, 0.15) is 32.6 Å². The Kier molecular flexibility index (Phi) is 7.07. The number of carbonyl (C=O) groups is 2. The molecular formula is C18H26N2O3. The maximum Gasteiger partial charge on any atom is 0.227 e. The standard InChI is InChI=1S/C18H26N2O3/c1-2-3-11-23-12-7-10-19-18(22)15-13-17(21)20(14-15)16-8-5-4-6-9-16/h4-6,8-9,15H,2-3,7,10-14H2,1H3,(H,19,22)/t15-/m0/s1. The lowest BCUT2D eigenvalue weighted by atomic mass is 10.1. The molecule has 1 heterocycles. The minimum absolute atomic E-state index is 0.0132. The van der Waals surface area contributed by atoms with Gasteiger partial charge in [-0.1, -0.05) is 31.5 Å². The van der Waals surface area contributed by atoms with Gasteiger partial charge in [-0.05, 0) is 25.0 Å². The van der Waals surface area contributed by atoms with Crippen molar-refractivity contribution >= 4 is 17.5 Å². The molecule has 5 heteroatoms. The zero-order valence-electron chi connectivity index (χ0n) is 13.8. The van der Waals surface area contributed by atoms with Gasteiger partial charge in [0, 0.05) is 38.4 Å². The van der Waals surface area contributed by atoms with Crippen molar-refractivity contribution in [2.75, 3.05) is 31.2 Å². The average molecular weight is 318 g/mol. The average Bonchev–Trinajstić information content (AvgIpc) is 2.96. The van der Waals surface area contributed by atoms with E-state index < -0.39 is 0 Å². The highest BCUT2D eigenvalue weighted by molar-refractivity contribution is 6.00. The van der Waals surface area contributed by atoms with Gasteiger partial charge in [0.1, 0.15) is 0 Å². The van der Waals surface area contributed by atoms with E-state index in [-0.39, 0.29) is 24.2 Å². The van der Waals surface area contributed by atoms with Crippen molar-refractivity contribution in [1.82, 2.24) is 5.32 Å². The van der Waals surface area contributed by atoms with Crippen molar-refractivity contribution in [3.8, 4) is 0 Å². The van der Waals surface area contributed by atoms with Gasteiger partial charge in [-0.25, -0.2) is 0 Å². The highest BCUT2D eigenvalue weighted by atomic mass is 16.5. The summed E-state index contributed by atoms with van der Waals surface area (Å²) in [6, 6.07) is 9.50.